The number of benzene rings is 2. The lowest BCUT2D eigenvalue weighted by molar-refractivity contribution is -0.156. The molecule has 1 aliphatic heterocycles. The van der Waals surface area contributed by atoms with Gasteiger partial charge in [0.15, 0.2) is 13.0 Å². The molecule has 38 heavy (non-hydrogen) atoms. The average Bonchev–Trinajstić information content (AvgIpc) is 3.26. The normalized spacial score (nSPS) is 32.9. The first-order valence-corrected chi connectivity index (χ1v) is 14.6. The summed E-state index contributed by atoms with van der Waals surface area (Å²) < 4.78 is 5.60. The fourth-order valence-corrected chi connectivity index (χ4v) is 7.28. The molecule has 7 rings (SSSR count). The van der Waals surface area contributed by atoms with Gasteiger partial charge in [0, 0.05) is 21.1 Å². The van der Waals surface area contributed by atoms with Gasteiger partial charge in [-0.05, 0) is 80.0 Å². The van der Waals surface area contributed by atoms with Crippen LogP contribution in [0.4, 0.5) is 0 Å². The van der Waals surface area contributed by atoms with E-state index < -0.39 is 5.66 Å². The van der Waals surface area contributed by atoms with Crippen molar-refractivity contribution in [1.29, 1.82) is 0 Å². The summed E-state index contributed by atoms with van der Waals surface area (Å²) in [6, 6.07) is 15.1. The lowest BCUT2D eigenvalue weighted by Crippen LogP contribution is -2.84. The zero-order valence-corrected chi connectivity index (χ0v) is 23.0. The van der Waals surface area contributed by atoms with E-state index in [1.165, 1.54) is 32.1 Å². The van der Waals surface area contributed by atoms with Crippen LogP contribution >= 0.6 is 23.2 Å². The highest BCUT2D eigenvalue weighted by Gasteiger charge is 2.69. The highest BCUT2D eigenvalue weighted by atomic mass is 35.5. The van der Waals surface area contributed by atoms with Crippen molar-refractivity contribution in [3.63, 3.8) is 0 Å². The van der Waals surface area contributed by atoms with E-state index in [4.69, 9.17) is 32.8 Å². The van der Waals surface area contributed by atoms with Crippen LogP contribution in [0.3, 0.4) is 0 Å². The van der Waals surface area contributed by atoms with Crippen molar-refractivity contribution >= 4 is 29.1 Å². The number of rotatable bonds is 8. The quantitative estimate of drug-likeness (QED) is 0.348. The van der Waals surface area contributed by atoms with E-state index in [0.29, 0.717) is 16.7 Å². The summed E-state index contributed by atoms with van der Waals surface area (Å²) in [6.45, 7) is -0.00791. The molecule has 1 saturated heterocycles. The molecule has 4 aliphatic carbocycles. The molecule has 2 atom stereocenters. The van der Waals surface area contributed by atoms with Gasteiger partial charge in [-0.2, -0.15) is 5.48 Å². The maximum Gasteiger partial charge on any atom is 0.258 e. The Morgan fingerprint density at radius 2 is 1.50 bits per heavy atom. The molecule has 2 aromatic carbocycles. The van der Waals surface area contributed by atoms with Crippen LogP contribution in [0.25, 0.3) is 0 Å². The third-order valence-electron chi connectivity index (χ3n) is 8.77. The lowest BCUT2D eigenvalue weighted by atomic mass is 9.44. The van der Waals surface area contributed by atoms with E-state index in [-0.39, 0.29) is 29.9 Å². The Labute approximate surface area is 234 Å². The van der Waals surface area contributed by atoms with Crippen LogP contribution in [-0.4, -0.2) is 29.9 Å². The predicted octanol–water partition coefficient (Wildman–Crippen LogP) is 5.37. The number of halogens is 2. The van der Waals surface area contributed by atoms with Crippen molar-refractivity contribution < 1.29 is 14.4 Å². The van der Waals surface area contributed by atoms with Gasteiger partial charge in [0.25, 0.3) is 5.91 Å². The van der Waals surface area contributed by atoms with E-state index in [0.717, 1.165) is 42.7 Å². The smallest absolute Gasteiger partial charge is 0.258 e. The average molecular weight is 560 g/mol. The zero-order chi connectivity index (χ0) is 26.2. The predicted molar refractivity (Wildman–Crippen MR) is 148 cm³/mol. The van der Waals surface area contributed by atoms with Crippen molar-refractivity contribution in [1.82, 2.24) is 21.4 Å². The maximum absolute atomic E-state index is 12.5. The van der Waals surface area contributed by atoms with E-state index in [9.17, 15) is 4.79 Å². The highest BCUT2D eigenvalue weighted by molar-refractivity contribution is 6.30. The summed E-state index contributed by atoms with van der Waals surface area (Å²) in [5.74, 6) is 0.942. The third kappa shape index (κ3) is 5.29. The molecule has 0 spiro atoms. The molecular formula is C29H36Cl2N4O3. The number of hydroxylamine groups is 1. The maximum atomic E-state index is 12.5. The van der Waals surface area contributed by atoms with Crippen LogP contribution in [0.5, 0.6) is 5.75 Å². The molecule has 0 aromatic heterocycles. The summed E-state index contributed by atoms with van der Waals surface area (Å²) in [6.07, 6.45) is 11.0. The molecule has 5 aliphatic rings. The monoisotopic (exact) mass is 558 g/mol. The Bertz CT molecular complexity index is 1120. The summed E-state index contributed by atoms with van der Waals surface area (Å²) in [5, 5.41) is 12.1. The van der Waals surface area contributed by atoms with E-state index in [1.807, 2.05) is 12.1 Å². The molecule has 1 amide bonds. The number of ether oxygens (including phenoxy) is 1. The molecule has 1 heterocycles. The largest absolute Gasteiger partial charge is 0.484 e. The summed E-state index contributed by atoms with van der Waals surface area (Å²) >= 11 is 12.1. The number of amides is 1. The molecule has 4 saturated carbocycles. The zero-order valence-electron chi connectivity index (χ0n) is 21.5. The lowest BCUT2D eigenvalue weighted by Gasteiger charge is -2.71. The fraction of sp³-hybridized carbons (Fsp3) is 0.552. The van der Waals surface area contributed by atoms with Crippen LogP contribution in [0.1, 0.15) is 69.8 Å². The minimum absolute atomic E-state index is 0.00791. The molecule has 2 unspecified atom stereocenters. The second kappa shape index (κ2) is 10.6. The molecule has 4 N–H and O–H groups in total. The molecule has 5 fully saturated rings. The van der Waals surface area contributed by atoms with Gasteiger partial charge in [0.1, 0.15) is 11.4 Å². The highest BCUT2D eigenvalue weighted by Crippen LogP contribution is 2.60. The topological polar surface area (TPSA) is 83.7 Å². The second-order valence-electron chi connectivity index (χ2n) is 11.6. The van der Waals surface area contributed by atoms with Gasteiger partial charge in [-0.3, -0.25) is 20.3 Å². The first kappa shape index (κ1) is 26.4. The van der Waals surface area contributed by atoms with Gasteiger partial charge in [0.2, 0.25) is 0 Å². The minimum Gasteiger partial charge on any atom is -0.484 e. The Morgan fingerprint density at radius 1 is 0.895 bits per heavy atom. The summed E-state index contributed by atoms with van der Waals surface area (Å²) in [5.41, 5.74) is 3.94. The van der Waals surface area contributed by atoms with Crippen molar-refractivity contribution in [2.75, 3.05) is 6.61 Å². The van der Waals surface area contributed by atoms with Gasteiger partial charge in [-0.15, -0.1) is 0 Å². The van der Waals surface area contributed by atoms with Crippen molar-refractivity contribution in [2.24, 2.45) is 5.92 Å². The van der Waals surface area contributed by atoms with Gasteiger partial charge in [-0.1, -0.05) is 67.4 Å². The van der Waals surface area contributed by atoms with Crippen molar-refractivity contribution in [2.45, 2.75) is 87.3 Å². The molecular weight excluding hydrogens is 523 g/mol. The Hall–Kier alpha value is -1.87. The van der Waals surface area contributed by atoms with Crippen LogP contribution < -0.4 is 26.2 Å². The number of nitrogens with one attached hydrogen (secondary N) is 4. The Morgan fingerprint density at radius 3 is 2.16 bits per heavy atom. The summed E-state index contributed by atoms with van der Waals surface area (Å²) in [4.78, 5) is 18.7. The van der Waals surface area contributed by atoms with Crippen LogP contribution in [0, 0.1) is 5.92 Å². The number of hydrogen-bond acceptors (Lipinski definition) is 6. The van der Waals surface area contributed by atoms with Gasteiger partial charge in [-0.25, -0.2) is 0 Å². The molecule has 2 aromatic rings. The van der Waals surface area contributed by atoms with Crippen molar-refractivity contribution in [3.8, 4) is 5.75 Å². The van der Waals surface area contributed by atoms with Crippen LogP contribution in [-0.2, 0) is 15.3 Å². The molecule has 7 nitrogen and oxygen atoms in total. The Balaban J connectivity index is 1.05. The fourth-order valence-electron chi connectivity index (χ4n) is 7.03. The number of carbonyl (C=O) groups excluding carboxylic acids is 1. The van der Waals surface area contributed by atoms with Gasteiger partial charge in [0.05, 0.1) is 0 Å². The number of hydrogen-bond donors (Lipinski definition) is 4. The standard InChI is InChI=1S/C29H36Cl2N4O3/c30-22-10-8-21(9-11-22)29(20-6-4-2-1-3-5-7-20)34-26(38-35-29)33-28-17-27(18-28,19-28)32-25(36)16-37-24-14-12-23(31)13-15-24/h8-15,20,26,33-35H,1-7,16-19H2,(H,32,36). The molecule has 2 bridgehead atoms. The van der Waals surface area contributed by atoms with Crippen LogP contribution in [0.15, 0.2) is 48.5 Å². The Kier molecular flexibility index (Phi) is 7.35. The van der Waals surface area contributed by atoms with Crippen molar-refractivity contribution in [3.05, 3.63) is 64.1 Å². The SMILES string of the molecule is O=C(COc1ccc(Cl)cc1)NC12CC(NC3NC(c4ccc(Cl)cc4)(C4CCCCCCC4)NO3)(C1)C2. The van der Waals surface area contributed by atoms with E-state index in [1.54, 1.807) is 24.3 Å². The third-order valence-corrected chi connectivity index (χ3v) is 9.27. The first-order chi connectivity index (χ1) is 18.4. The van der Waals surface area contributed by atoms with Crippen LogP contribution in [0.2, 0.25) is 10.0 Å². The summed E-state index contributed by atoms with van der Waals surface area (Å²) in [7, 11) is 0. The molecule has 9 heteroatoms. The minimum atomic E-state index is -0.464. The van der Waals surface area contributed by atoms with Gasteiger partial charge >= 0.3 is 0 Å². The first-order valence-electron chi connectivity index (χ1n) is 13.8. The van der Waals surface area contributed by atoms with E-state index >= 15 is 0 Å². The molecule has 204 valence electrons. The number of carbonyl (C=O) groups is 1. The van der Waals surface area contributed by atoms with Gasteiger partial charge < -0.3 is 10.1 Å². The van der Waals surface area contributed by atoms with E-state index in [2.05, 4.69) is 33.6 Å². The molecule has 0 radical (unpaired) electrons. The second-order valence-corrected chi connectivity index (χ2v) is 12.5.